The topological polar surface area (TPSA) is 70.1 Å². The van der Waals surface area contributed by atoms with Crippen LogP contribution in [0.3, 0.4) is 0 Å². The molecule has 23 heavy (non-hydrogen) atoms. The molecule has 1 amide bonds. The molecule has 1 N–H and O–H groups in total. The quantitative estimate of drug-likeness (QED) is 0.865. The molecule has 0 spiro atoms. The van der Waals surface area contributed by atoms with Gasteiger partial charge in [-0.1, -0.05) is 6.07 Å². The van der Waals surface area contributed by atoms with Crippen molar-refractivity contribution in [3.8, 4) is 0 Å². The second-order valence-corrected chi connectivity index (χ2v) is 5.99. The van der Waals surface area contributed by atoms with Crippen LogP contribution in [0.5, 0.6) is 0 Å². The zero-order valence-electron chi connectivity index (χ0n) is 13.3. The second-order valence-electron chi connectivity index (χ2n) is 5.99. The fraction of sp³-hybridized carbons (Fsp3) is 0.529. The summed E-state index contributed by atoms with van der Waals surface area (Å²) >= 11 is 0. The lowest BCUT2D eigenvalue weighted by atomic mass is 10.0. The Kier molecular flexibility index (Phi) is 4.52. The maximum atomic E-state index is 11.8. The summed E-state index contributed by atoms with van der Waals surface area (Å²) in [5.74, 6) is -0.270. The van der Waals surface area contributed by atoms with Crippen molar-refractivity contribution in [1.82, 2.24) is 9.80 Å². The molecule has 1 fully saturated rings. The molecule has 1 aromatic carbocycles. The number of aryl methyl sites for hydroxylation is 1. The summed E-state index contributed by atoms with van der Waals surface area (Å²) in [6, 6.07) is 6.14. The van der Waals surface area contributed by atoms with E-state index in [0.29, 0.717) is 31.3 Å². The predicted molar refractivity (Wildman–Crippen MR) is 84.6 cm³/mol. The van der Waals surface area contributed by atoms with Crippen molar-refractivity contribution >= 4 is 12.1 Å². The van der Waals surface area contributed by atoms with Gasteiger partial charge in [0.05, 0.1) is 12.2 Å². The molecular formula is C17H22N2O4. The first-order valence-corrected chi connectivity index (χ1v) is 8.12. The standard InChI is InChI=1S/C17H22N2O4/c1-2-23-16(20)13-3-5-14-12(11-13)4-6-15(14)18-7-9-19(10-8-18)17(21)22/h3,5,11,15H,2,4,6-10H2,1H3,(H,21,22). The lowest BCUT2D eigenvalue weighted by Crippen LogP contribution is -2.49. The molecule has 1 heterocycles. The van der Waals surface area contributed by atoms with Crippen molar-refractivity contribution in [2.45, 2.75) is 25.8 Å². The van der Waals surface area contributed by atoms with Gasteiger partial charge in [-0.2, -0.15) is 0 Å². The largest absolute Gasteiger partial charge is 0.465 e. The van der Waals surface area contributed by atoms with Gasteiger partial charge in [0, 0.05) is 32.2 Å². The number of nitrogens with zero attached hydrogens (tertiary/aromatic N) is 2. The second kappa shape index (κ2) is 6.58. The van der Waals surface area contributed by atoms with E-state index in [1.807, 2.05) is 18.2 Å². The number of carbonyl (C=O) groups is 2. The number of carbonyl (C=O) groups excluding carboxylic acids is 1. The van der Waals surface area contributed by atoms with Gasteiger partial charge in [0.15, 0.2) is 0 Å². The molecule has 1 saturated heterocycles. The lowest BCUT2D eigenvalue weighted by molar-refractivity contribution is 0.0526. The summed E-state index contributed by atoms with van der Waals surface area (Å²) in [7, 11) is 0. The number of esters is 1. The highest BCUT2D eigenvalue weighted by Gasteiger charge is 2.31. The number of fused-ring (bicyclic) bond motifs is 1. The Labute approximate surface area is 135 Å². The third-order valence-corrected chi connectivity index (χ3v) is 4.73. The number of carboxylic acid groups (broad SMARTS) is 1. The number of rotatable bonds is 3. The summed E-state index contributed by atoms with van der Waals surface area (Å²) in [6.07, 6.45) is 1.14. The zero-order chi connectivity index (χ0) is 16.4. The van der Waals surface area contributed by atoms with Crippen molar-refractivity contribution in [1.29, 1.82) is 0 Å². The first-order valence-electron chi connectivity index (χ1n) is 8.12. The third-order valence-electron chi connectivity index (χ3n) is 4.73. The van der Waals surface area contributed by atoms with Crippen LogP contribution in [0.4, 0.5) is 4.79 Å². The van der Waals surface area contributed by atoms with Gasteiger partial charge in [-0.15, -0.1) is 0 Å². The maximum Gasteiger partial charge on any atom is 0.407 e. The van der Waals surface area contributed by atoms with Crippen molar-refractivity contribution in [2.75, 3.05) is 32.8 Å². The van der Waals surface area contributed by atoms with Crippen molar-refractivity contribution in [2.24, 2.45) is 0 Å². The van der Waals surface area contributed by atoms with Gasteiger partial charge >= 0.3 is 12.1 Å². The molecule has 0 radical (unpaired) electrons. The molecule has 0 aromatic heterocycles. The number of hydrogen-bond donors (Lipinski definition) is 1. The fourth-order valence-electron chi connectivity index (χ4n) is 3.54. The zero-order valence-corrected chi connectivity index (χ0v) is 13.3. The van der Waals surface area contributed by atoms with Crippen molar-refractivity contribution in [3.05, 3.63) is 34.9 Å². The van der Waals surface area contributed by atoms with Gasteiger partial charge in [0.1, 0.15) is 0 Å². The molecule has 1 aliphatic carbocycles. The predicted octanol–water partition coefficient (Wildman–Crippen LogP) is 2.15. The highest BCUT2D eigenvalue weighted by Crippen LogP contribution is 2.36. The molecule has 0 bridgehead atoms. The van der Waals surface area contributed by atoms with Crippen LogP contribution in [0.15, 0.2) is 18.2 Å². The molecule has 0 saturated carbocycles. The minimum absolute atomic E-state index is 0.270. The fourth-order valence-corrected chi connectivity index (χ4v) is 3.54. The smallest absolute Gasteiger partial charge is 0.407 e. The van der Waals surface area contributed by atoms with E-state index in [0.717, 1.165) is 25.9 Å². The van der Waals surface area contributed by atoms with Gasteiger partial charge in [0.2, 0.25) is 0 Å². The number of benzene rings is 1. The summed E-state index contributed by atoms with van der Waals surface area (Å²) in [5, 5.41) is 9.04. The van der Waals surface area contributed by atoms with Crippen molar-refractivity contribution in [3.63, 3.8) is 0 Å². The van der Waals surface area contributed by atoms with E-state index in [2.05, 4.69) is 4.90 Å². The average Bonchev–Trinajstić information content (AvgIpc) is 2.98. The number of amides is 1. The van der Waals surface area contributed by atoms with E-state index >= 15 is 0 Å². The van der Waals surface area contributed by atoms with E-state index in [9.17, 15) is 9.59 Å². The van der Waals surface area contributed by atoms with E-state index in [-0.39, 0.29) is 5.97 Å². The molecule has 6 heteroatoms. The van der Waals surface area contributed by atoms with Crippen LogP contribution >= 0.6 is 0 Å². The Morgan fingerprint density at radius 3 is 2.65 bits per heavy atom. The molecule has 1 unspecified atom stereocenters. The number of ether oxygens (including phenoxy) is 1. The summed E-state index contributed by atoms with van der Waals surface area (Å²) < 4.78 is 5.05. The van der Waals surface area contributed by atoms with Crippen LogP contribution in [0.1, 0.15) is 40.9 Å². The van der Waals surface area contributed by atoms with Gasteiger partial charge in [-0.3, -0.25) is 4.90 Å². The van der Waals surface area contributed by atoms with Crippen LogP contribution in [0.2, 0.25) is 0 Å². The molecule has 1 atom stereocenters. The van der Waals surface area contributed by atoms with E-state index in [1.54, 1.807) is 6.92 Å². The Bertz CT molecular complexity index is 609. The van der Waals surface area contributed by atoms with Gasteiger partial charge in [-0.25, -0.2) is 9.59 Å². The third kappa shape index (κ3) is 3.17. The Morgan fingerprint density at radius 1 is 1.26 bits per heavy atom. The van der Waals surface area contributed by atoms with Crippen molar-refractivity contribution < 1.29 is 19.4 Å². The van der Waals surface area contributed by atoms with E-state index < -0.39 is 6.09 Å². The Balaban J connectivity index is 1.70. The molecule has 3 rings (SSSR count). The van der Waals surface area contributed by atoms with Gasteiger partial charge < -0.3 is 14.7 Å². The van der Waals surface area contributed by atoms with Crippen LogP contribution in [-0.2, 0) is 11.2 Å². The Hall–Kier alpha value is -2.08. The normalized spacial score (nSPS) is 21.1. The highest BCUT2D eigenvalue weighted by atomic mass is 16.5. The monoisotopic (exact) mass is 318 g/mol. The molecular weight excluding hydrogens is 296 g/mol. The molecule has 124 valence electrons. The Morgan fingerprint density at radius 2 is 2.00 bits per heavy atom. The molecule has 1 aromatic rings. The highest BCUT2D eigenvalue weighted by molar-refractivity contribution is 5.89. The molecule has 1 aliphatic heterocycles. The maximum absolute atomic E-state index is 11.8. The van der Waals surface area contributed by atoms with Crippen LogP contribution in [0.25, 0.3) is 0 Å². The number of piperazine rings is 1. The van der Waals surface area contributed by atoms with Gasteiger partial charge in [-0.05, 0) is 43.0 Å². The number of hydrogen-bond acceptors (Lipinski definition) is 4. The summed E-state index contributed by atoms with van der Waals surface area (Å²) in [6.45, 7) is 4.82. The molecule has 2 aliphatic rings. The van der Waals surface area contributed by atoms with Crippen LogP contribution in [0, 0.1) is 0 Å². The lowest BCUT2D eigenvalue weighted by Gasteiger charge is -2.37. The van der Waals surface area contributed by atoms with Crippen LogP contribution < -0.4 is 0 Å². The first-order chi connectivity index (χ1) is 11.1. The minimum Gasteiger partial charge on any atom is -0.465 e. The van der Waals surface area contributed by atoms with E-state index in [4.69, 9.17) is 9.84 Å². The first kappa shape index (κ1) is 15.8. The SMILES string of the molecule is CCOC(=O)c1ccc2c(c1)CCC2N1CCN(C(=O)O)CC1. The van der Waals surface area contributed by atoms with Gasteiger partial charge in [0.25, 0.3) is 0 Å². The summed E-state index contributed by atoms with van der Waals surface area (Å²) in [4.78, 5) is 26.7. The van der Waals surface area contributed by atoms with E-state index in [1.165, 1.54) is 16.0 Å². The average molecular weight is 318 g/mol. The molecule has 6 nitrogen and oxygen atoms in total. The van der Waals surface area contributed by atoms with Crippen LogP contribution in [-0.4, -0.2) is 59.8 Å². The summed E-state index contributed by atoms with van der Waals surface area (Å²) in [5.41, 5.74) is 3.09. The minimum atomic E-state index is -0.837.